The van der Waals surface area contributed by atoms with Crippen LogP contribution in [0.4, 0.5) is 13.2 Å². The predicted octanol–water partition coefficient (Wildman–Crippen LogP) is 4.89. The number of nitrogens with one attached hydrogen (secondary N) is 1. The van der Waals surface area contributed by atoms with Gasteiger partial charge in [0, 0.05) is 11.1 Å². The number of hydrogen-bond acceptors (Lipinski definition) is 7. The number of thiophene rings is 1. The summed E-state index contributed by atoms with van der Waals surface area (Å²) in [7, 11) is -3.99. The van der Waals surface area contributed by atoms with Crippen LogP contribution in [0.3, 0.4) is 0 Å². The fourth-order valence-corrected chi connectivity index (χ4v) is 7.11. The molecule has 8 nitrogen and oxygen atoms in total. The van der Waals surface area contributed by atoms with Crippen LogP contribution in [0.5, 0.6) is 0 Å². The lowest BCUT2D eigenvalue weighted by atomic mass is 9.95. The van der Waals surface area contributed by atoms with Gasteiger partial charge in [-0.1, -0.05) is 30.3 Å². The van der Waals surface area contributed by atoms with Crippen LogP contribution in [-0.4, -0.2) is 48.8 Å². The Morgan fingerprint density at radius 2 is 1.64 bits per heavy atom. The van der Waals surface area contributed by atoms with Crippen LogP contribution in [0.1, 0.15) is 20.8 Å². The van der Waals surface area contributed by atoms with Gasteiger partial charge in [0.15, 0.2) is 0 Å². The molecule has 1 heterocycles. The van der Waals surface area contributed by atoms with Crippen molar-refractivity contribution in [1.82, 2.24) is 0 Å². The first-order valence-corrected chi connectivity index (χ1v) is 13.1. The zero-order chi connectivity index (χ0) is 27.4. The van der Waals surface area contributed by atoms with Crippen molar-refractivity contribution in [3.05, 3.63) is 64.5 Å². The van der Waals surface area contributed by atoms with E-state index >= 15 is 0 Å². The Hall–Kier alpha value is -3.36. The van der Waals surface area contributed by atoms with Gasteiger partial charge in [0.2, 0.25) is 9.84 Å². The number of carbonyl (C=O) groups is 2. The first-order valence-electron chi connectivity index (χ1n) is 9.62. The molecule has 0 unspecified atom stereocenters. The summed E-state index contributed by atoms with van der Waals surface area (Å²) in [5.41, 5.74) is 6.94. The molecule has 1 aromatic heterocycles. The van der Waals surface area contributed by atoms with Crippen molar-refractivity contribution in [3.8, 4) is 11.1 Å². The summed E-state index contributed by atoms with van der Waals surface area (Å²) in [5, 5.41) is 24.4. The molecule has 3 rings (SSSR count). The number of sulfone groups is 1. The molecule has 0 bridgehead atoms. The summed E-state index contributed by atoms with van der Waals surface area (Å²) >= 11 is 2.40. The average Bonchev–Trinajstić information content (AvgIpc) is 3.24. The molecule has 192 valence electrons. The first-order chi connectivity index (χ1) is 16.6. The third-order valence-electron chi connectivity index (χ3n) is 4.60. The van der Waals surface area contributed by atoms with Crippen LogP contribution < -0.4 is 5.73 Å². The van der Waals surface area contributed by atoms with Gasteiger partial charge in [-0.15, -0.1) is 23.1 Å². The molecule has 3 aromatic rings. The van der Waals surface area contributed by atoms with E-state index in [2.05, 4.69) is 0 Å². The normalized spacial score (nSPS) is 11.4. The van der Waals surface area contributed by atoms with Gasteiger partial charge in [0.05, 0.1) is 24.4 Å². The van der Waals surface area contributed by atoms with Crippen molar-refractivity contribution in [1.29, 1.82) is 5.41 Å². The summed E-state index contributed by atoms with van der Waals surface area (Å²) in [5.74, 6) is -4.09. The van der Waals surface area contributed by atoms with Gasteiger partial charge in [0.1, 0.15) is 5.84 Å². The van der Waals surface area contributed by atoms with Crippen LogP contribution in [0.2, 0.25) is 0 Å². The summed E-state index contributed by atoms with van der Waals surface area (Å²) in [6.45, 7) is 1.75. The maximum atomic E-state index is 13.6. The number of rotatable bonds is 6. The number of aryl methyl sites for hydroxylation is 1. The number of halogens is 3. The second kappa shape index (κ2) is 11.1. The van der Waals surface area contributed by atoms with E-state index in [0.717, 1.165) is 11.3 Å². The van der Waals surface area contributed by atoms with E-state index in [1.807, 2.05) is 0 Å². The number of nitrogens with two attached hydrogens (primary N) is 1. The lowest BCUT2D eigenvalue weighted by Crippen LogP contribution is -2.21. The number of nitrogen functional groups attached to an aromatic ring is 1. The fraction of sp³-hybridized carbons (Fsp3) is 0.136. The van der Waals surface area contributed by atoms with E-state index in [1.165, 1.54) is 30.0 Å². The highest BCUT2D eigenvalue weighted by Crippen LogP contribution is 2.40. The van der Waals surface area contributed by atoms with Crippen molar-refractivity contribution in [3.63, 3.8) is 0 Å². The number of benzene rings is 2. The van der Waals surface area contributed by atoms with Gasteiger partial charge in [-0.25, -0.2) is 18.0 Å². The molecule has 0 fully saturated rings. The molecule has 36 heavy (non-hydrogen) atoms. The van der Waals surface area contributed by atoms with Crippen molar-refractivity contribution in [2.45, 2.75) is 27.1 Å². The Bertz CT molecular complexity index is 1430. The molecule has 2 aromatic carbocycles. The third-order valence-corrected chi connectivity index (χ3v) is 9.00. The molecular weight excluding hydrogens is 541 g/mol. The van der Waals surface area contributed by atoms with Crippen LogP contribution in [-0.2, 0) is 14.6 Å². The smallest absolute Gasteiger partial charge is 0.478 e. The minimum Gasteiger partial charge on any atom is -0.478 e. The molecule has 0 radical (unpaired) electrons. The van der Waals surface area contributed by atoms with Crippen LogP contribution in [0.25, 0.3) is 11.1 Å². The van der Waals surface area contributed by atoms with Gasteiger partial charge in [0.25, 0.3) is 0 Å². The molecule has 0 spiro atoms. The molecule has 0 atom stereocenters. The first kappa shape index (κ1) is 28.9. The van der Waals surface area contributed by atoms with Gasteiger partial charge >= 0.3 is 18.1 Å². The van der Waals surface area contributed by atoms with E-state index in [4.69, 9.17) is 21.0 Å². The maximum absolute atomic E-state index is 13.6. The number of carboxylic acid groups (broad SMARTS) is 2. The Kier molecular flexibility index (Phi) is 8.93. The molecule has 0 saturated heterocycles. The minimum atomic E-state index is -5.08. The molecule has 5 N–H and O–H groups in total. The molecule has 0 saturated carbocycles. The molecule has 0 aliphatic carbocycles. The van der Waals surface area contributed by atoms with E-state index in [9.17, 15) is 31.5 Å². The van der Waals surface area contributed by atoms with Gasteiger partial charge < -0.3 is 15.9 Å². The van der Waals surface area contributed by atoms with Crippen molar-refractivity contribution in [2.24, 2.45) is 5.73 Å². The Morgan fingerprint density at radius 1 is 1.06 bits per heavy atom. The highest BCUT2D eigenvalue weighted by Gasteiger charge is 2.38. The van der Waals surface area contributed by atoms with E-state index in [0.29, 0.717) is 25.8 Å². The van der Waals surface area contributed by atoms with E-state index in [-0.39, 0.29) is 21.2 Å². The highest BCUT2D eigenvalue weighted by atomic mass is 32.2. The summed E-state index contributed by atoms with van der Waals surface area (Å²) in [6, 6.07) is 12.6. The number of carboxylic acids is 2. The third kappa shape index (κ3) is 6.25. The number of alkyl halides is 3. The summed E-state index contributed by atoms with van der Waals surface area (Å²) in [6.07, 6.45) is -3.33. The lowest BCUT2D eigenvalue weighted by molar-refractivity contribution is -0.192. The predicted molar refractivity (Wildman–Crippen MR) is 130 cm³/mol. The minimum absolute atomic E-state index is 0.0139. The number of aliphatic carboxylic acids is 1. The number of amidine groups is 1. The quantitative estimate of drug-likeness (QED) is 0.188. The summed E-state index contributed by atoms with van der Waals surface area (Å²) in [4.78, 5) is 21.1. The number of thioether (sulfide) groups is 1. The zero-order valence-electron chi connectivity index (χ0n) is 18.6. The number of aromatic carboxylic acids is 1. The van der Waals surface area contributed by atoms with Crippen molar-refractivity contribution in [2.75, 3.05) is 6.26 Å². The van der Waals surface area contributed by atoms with Crippen molar-refractivity contribution >= 4 is 50.7 Å². The second-order valence-electron chi connectivity index (χ2n) is 6.99. The van der Waals surface area contributed by atoms with Crippen LogP contribution in [0, 0.1) is 12.3 Å². The second-order valence-corrected chi connectivity index (χ2v) is 11.0. The van der Waals surface area contributed by atoms with Crippen LogP contribution in [0.15, 0.2) is 62.5 Å². The summed E-state index contributed by atoms with van der Waals surface area (Å²) < 4.78 is 59.4. The van der Waals surface area contributed by atoms with E-state index in [1.54, 1.807) is 43.5 Å². The average molecular weight is 561 g/mol. The lowest BCUT2D eigenvalue weighted by Gasteiger charge is -2.15. The fourth-order valence-electron chi connectivity index (χ4n) is 3.05. The van der Waals surface area contributed by atoms with Gasteiger partial charge in [-0.3, -0.25) is 5.41 Å². The topological polar surface area (TPSA) is 159 Å². The SMILES string of the molecule is CSc1sc(C(=N)N)cc1S(=O)(=O)c1ccccc1-c1c(C)cccc1C(=O)O.O=C(O)C(F)(F)F. The molecule has 0 amide bonds. The monoisotopic (exact) mass is 560 g/mol. The molecule has 14 heteroatoms. The molecular formula is C22H19F3N2O6S3. The number of hydrogen-bond donors (Lipinski definition) is 4. The largest absolute Gasteiger partial charge is 0.490 e. The van der Waals surface area contributed by atoms with E-state index < -0.39 is 28.0 Å². The Morgan fingerprint density at radius 3 is 2.14 bits per heavy atom. The van der Waals surface area contributed by atoms with Crippen LogP contribution >= 0.6 is 23.1 Å². The Labute approximate surface area is 212 Å². The maximum Gasteiger partial charge on any atom is 0.490 e. The highest BCUT2D eigenvalue weighted by molar-refractivity contribution is 8.01. The van der Waals surface area contributed by atoms with Gasteiger partial charge in [-0.05, 0) is 36.9 Å². The zero-order valence-corrected chi connectivity index (χ0v) is 21.0. The molecule has 0 aliphatic heterocycles. The molecule has 0 aliphatic rings. The standard InChI is InChI=1S/C20H18N2O4S3.C2HF3O2/c1-11-6-5-8-13(19(23)24)17(11)12-7-3-4-9-15(12)29(25,26)16-10-14(18(21)22)28-20(16)27-2;3-2(4,5)1(6)7/h3-10H,1-2H3,(H3,21,22)(H,23,24);(H,6,7). The Balaban J connectivity index is 0.000000572. The van der Waals surface area contributed by atoms with Gasteiger partial charge in [-0.2, -0.15) is 13.2 Å². The van der Waals surface area contributed by atoms with Crippen molar-refractivity contribution < 1.29 is 41.4 Å².